The third-order valence-electron chi connectivity index (χ3n) is 5.29. The largest absolute Gasteiger partial charge is 0.416 e. The van der Waals surface area contributed by atoms with E-state index in [1.807, 2.05) is 0 Å². The van der Waals surface area contributed by atoms with Gasteiger partial charge in [-0.1, -0.05) is 17.7 Å². The molecule has 168 valence electrons. The van der Waals surface area contributed by atoms with Crippen LogP contribution in [0.1, 0.15) is 36.4 Å². The molecule has 3 aromatic rings. The third-order valence-corrected chi connectivity index (χ3v) is 5.54. The standard InChI is InChI=1S/C22H18ClF4N3O2/c23-14-6-4-13(5-7-14)20-28-29(21(32)30(20)15-8-9-15)12-16(31)10-11-17-18(22(25,26)27)2-1-3-19(17)24/h1-7,15H,8-12H2. The summed E-state index contributed by atoms with van der Waals surface area (Å²) in [6.07, 6.45) is -3.89. The molecule has 1 saturated carbocycles. The SMILES string of the molecule is O=C(CCc1c(F)cccc1C(F)(F)F)Cn1nc(-c2ccc(Cl)cc2)n(C2CC2)c1=O. The summed E-state index contributed by atoms with van der Waals surface area (Å²) in [7, 11) is 0. The lowest BCUT2D eigenvalue weighted by Gasteiger charge is -2.13. The Morgan fingerprint density at radius 3 is 2.44 bits per heavy atom. The molecule has 0 amide bonds. The van der Waals surface area contributed by atoms with E-state index in [9.17, 15) is 27.2 Å². The summed E-state index contributed by atoms with van der Waals surface area (Å²) in [5, 5.41) is 4.81. The Balaban J connectivity index is 1.54. The first-order valence-electron chi connectivity index (χ1n) is 9.96. The maximum atomic E-state index is 14.0. The van der Waals surface area contributed by atoms with E-state index in [2.05, 4.69) is 5.10 Å². The second-order valence-electron chi connectivity index (χ2n) is 7.67. The molecule has 0 spiro atoms. The molecule has 0 bridgehead atoms. The first-order valence-corrected chi connectivity index (χ1v) is 10.3. The first-order chi connectivity index (χ1) is 15.1. The van der Waals surface area contributed by atoms with Gasteiger partial charge < -0.3 is 0 Å². The highest BCUT2D eigenvalue weighted by atomic mass is 35.5. The van der Waals surface area contributed by atoms with Crippen LogP contribution in [0.5, 0.6) is 0 Å². The summed E-state index contributed by atoms with van der Waals surface area (Å²) >= 11 is 5.92. The summed E-state index contributed by atoms with van der Waals surface area (Å²) in [5.41, 5.74) is -1.48. The van der Waals surface area contributed by atoms with Crippen LogP contribution in [0.3, 0.4) is 0 Å². The van der Waals surface area contributed by atoms with E-state index in [1.165, 1.54) is 4.57 Å². The molecule has 10 heteroatoms. The molecular weight excluding hydrogens is 450 g/mol. The molecule has 0 radical (unpaired) electrons. The number of ketones is 1. The molecule has 32 heavy (non-hydrogen) atoms. The fourth-order valence-electron chi connectivity index (χ4n) is 3.57. The van der Waals surface area contributed by atoms with Crippen LogP contribution in [-0.4, -0.2) is 20.1 Å². The second-order valence-corrected chi connectivity index (χ2v) is 8.11. The average molecular weight is 468 g/mol. The highest BCUT2D eigenvalue weighted by Crippen LogP contribution is 2.37. The molecule has 1 aliphatic rings. The van der Waals surface area contributed by atoms with Crippen molar-refractivity contribution >= 4 is 17.4 Å². The summed E-state index contributed by atoms with van der Waals surface area (Å²) in [6.45, 7) is -0.408. The van der Waals surface area contributed by atoms with E-state index in [1.54, 1.807) is 24.3 Å². The zero-order chi connectivity index (χ0) is 23.0. The van der Waals surface area contributed by atoms with Gasteiger partial charge in [-0.15, -0.1) is 5.10 Å². The lowest BCUT2D eigenvalue weighted by molar-refractivity contribution is -0.138. The topological polar surface area (TPSA) is 56.9 Å². The van der Waals surface area contributed by atoms with Gasteiger partial charge in [0.05, 0.1) is 5.56 Å². The Morgan fingerprint density at radius 1 is 1.12 bits per heavy atom. The van der Waals surface area contributed by atoms with E-state index in [4.69, 9.17) is 11.6 Å². The number of benzene rings is 2. The van der Waals surface area contributed by atoms with Crippen LogP contribution in [-0.2, 0) is 23.9 Å². The van der Waals surface area contributed by atoms with Crippen LogP contribution < -0.4 is 5.69 Å². The summed E-state index contributed by atoms with van der Waals surface area (Å²) in [5.74, 6) is -1.14. The van der Waals surface area contributed by atoms with Crippen molar-refractivity contribution < 1.29 is 22.4 Å². The molecule has 0 aliphatic heterocycles. The van der Waals surface area contributed by atoms with E-state index in [0.29, 0.717) is 16.4 Å². The van der Waals surface area contributed by atoms with Crippen LogP contribution in [0.15, 0.2) is 47.3 Å². The average Bonchev–Trinajstić information content (AvgIpc) is 3.51. The number of Topliss-reactive ketones (excluding diaryl/α,β-unsaturated/α-hetero) is 1. The number of alkyl halides is 3. The molecule has 4 rings (SSSR count). The molecular formula is C22H18ClF4N3O2. The molecule has 1 heterocycles. The summed E-state index contributed by atoms with van der Waals surface area (Å²) in [6, 6.07) is 9.43. The minimum absolute atomic E-state index is 0.00946. The van der Waals surface area contributed by atoms with Crippen LogP contribution in [0.4, 0.5) is 17.6 Å². The number of halogens is 5. The monoisotopic (exact) mass is 467 g/mol. The lowest BCUT2D eigenvalue weighted by Crippen LogP contribution is -2.27. The highest BCUT2D eigenvalue weighted by molar-refractivity contribution is 6.30. The van der Waals surface area contributed by atoms with E-state index in [-0.39, 0.29) is 12.5 Å². The predicted molar refractivity (Wildman–Crippen MR) is 110 cm³/mol. The summed E-state index contributed by atoms with van der Waals surface area (Å²) in [4.78, 5) is 25.3. The number of carbonyl (C=O) groups is 1. The van der Waals surface area contributed by atoms with Gasteiger partial charge in [0.25, 0.3) is 0 Å². The van der Waals surface area contributed by atoms with Crippen molar-refractivity contribution in [2.45, 2.75) is 44.4 Å². The maximum absolute atomic E-state index is 14.0. The molecule has 0 saturated heterocycles. The maximum Gasteiger partial charge on any atom is 0.416 e. The van der Waals surface area contributed by atoms with Gasteiger partial charge in [0, 0.05) is 28.6 Å². The molecule has 1 aromatic heterocycles. The minimum atomic E-state index is -4.73. The van der Waals surface area contributed by atoms with Gasteiger partial charge in [0.15, 0.2) is 11.6 Å². The zero-order valence-electron chi connectivity index (χ0n) is 16.7. The van der Waals surface area contributed by atoms with Crippen LogP contribution in [0.25, 0.3) is 11.4 Å². The summed E-state index contributed by atoms with van der Waals surface area (Å²) < 4.78 is 56.0. The highest BCUT2D eigenvalue weighted by Gasteiger charge is 2.34. The zero-order valence-corrected chi connectivity index (χ0v) is 17.5. The molecule has 0 N–H and O–H groups in total. The normalized spacial score (nSPS) is 14.0. The van der Waals surface area contributed by atoms with E-state index >= 15 is 0 Å². The van der Waals surface area contributed by atoms with Gasteiger partial charge >= 0.3 is 11.9 Å². The fourth-order valence-corrected chi connectivity index (χ4v) is 3.70. The smallest absolute Gasteiger partial charge is 0.298 e. The first kappa shape index (κ1) is 22.3. The molecule has 1 fully saturated rings. The van der Waals surface area contributed by atoms with Crippen molar-refractivity contribution in [1.82, 2.24) is 14.3 Å². The Kier molecular flexibility index (Phi) is 5.94. The Labute approximate surface area is 185 Å². The Morgan fingerprint density at radius 2 is 1.81 bits per heavy atom. The van der Waals surface area contributed by atoms with Crippen molar-refractivity contribution in [3.05, 3.63) is 74.9 Å². The predicted octanol–water partition coefficient (Wildman–Crippen LogP) is 5.06. The molecule has 1 aliphatic carbocycles. The van der Waals surface area contributed by atoms with Gasteiger partial charge in [-0.25, -0.2) is 13.9 Å². The van der Waals surface area contributed by atoms with Crippen LogP contribution in [0, 0.1) is 5.82 Å². The number of carbonyl (C=O) groups excluding carboxylic acids is 1. The number of rotatable bonds is 7. The van der Waals surface area contributed by atoms with Gasteiger partial charge in [-0.3, -0.25) is 9.36 Å². The Hall–Kier alpha value is -2.94. The van der Waals surface area contributed by atoms with Crippen molar-refractivity contribution in [3.63, 3.8) is 0 Å². The van der Waals surface area contributed by atoms with Crippen LogP contribution in [0.2, 0.25) is 5.02 Å². The second kappa shape index (κ2) is 8.54. The van der Waals surface area contributed by atoms with Gasteiger partial charge in [-0.2, -0.15) is 13.2 Å². The molecule has 0 unspecified atom stereocenters. The Bertz CT molecular complexity index is 1210. The van der Waals surface area contributed by atoms with Gasteiger partial charge in [-0.05, 0) is 55.7 Å². The van der Waals surface area contributed by atoms with Crippen molar-refractivity contribution in [3.8, 4) is 11.4 Å². The molecule has 5 nitrogen and oxygen atoms in total. The number of hydrogen-bond acceptors (Lipinski definition) is 3. The number of aromatic nitrogens is 3. The van der Waals surface area contributed by atoms with Gasteiger partial charge in [0.2, 0.25) is 0 Å². The van der Waals surface area contributed by atoms with Gasteiger partial charge in [0.1, 0.15) is 12.4 Å². The third kappa shape index (κ3) is 4.62. The number of nitrogens with zero attached hydrogens (tertiary/aromatic N) is 3. The molecule has 0 atom stereocenters. The minimum Gasteiger partial charge on any atom is -0.298 e. The molecule has 2 aromatic carbocycles. The van der Waals surface area contributed by atoms with E-state index in [0.717, 1.165) is 35.7 Å². The van der Waals surface area contributed by atoms with Crippen molar-refractivity contribution in [2.75, 3.05) is 0 Å². The van der Waals surface area contributed by atoms with E-state index < -0.39 is 47.6 Å². The lowest BCUT2D eigenvalue weighted by atomic mass is 10.0. The van der Waals surface area contributed by atoms with Crippen molar-refractivity contribution in [2.24, 2.45) is 0 Å². The van der Waals surface area contributed by atoms with Crippen LogP contribution >= 0.6 is 11.6 Å². The fraction of sp³-hybridized carbons (Fsp3) is 0.318. The van der Waals surface area contributed by atoms with Crippen molar-refractivity contribution in [1.29, 1.82) is 0 Å². The number of hydrogen-bond donors (Lipinski definition) is 0. The quantitative estimate of drug-likeness (QED) is 0.456.